The van der Waals surface area contributed by atoms with Crippen LogP contribution in [0.3, 0.4) is 0 Å². The Labute approximate surface area is 78.3 Å². The summed E-state index contributed by atoms with van der Waals surface area (Å²) in [5.41, 5.74) is 0. The Kier molecular flexibility index (Phi) is 26.1. The first kappa shape index (κ1) is 15.7. The molecule has 0 fully saturated rings. The van der Waals surface area contributed by atoms with Crippen molar-refractivity contribution >= 4 is 66.0 Å². The minimum absolute atomic E-state index is 0. The van der Waals surface area contributed by atoms with Crippen LogP contribution in [-0.4, -0.2) is 67.9 Å². The number of rotatable bonds is 0. The van der Waals surface area contributed by atoms with Crippen LogP contribution in [0.5, 0.6) is 0 Å². The van der Waals surface area contributed by atoms with E-state index in [1.165, 1.54) is 0 Å². The van der Waals surface area contributed by atoms with Gasteiger partial charge in [-0.15, -0.1) is 0 Å². The summed E-state index contributed by atoms with van der Waals surface area (Å²) >= 11 is -2.61. The van der Waals surface area contributed by atoms with Gasteiger partial charge in [0.1, 0.15) is 0 Å². The molecule has 0 saturated carbocycles. The van der Waals surface area contributed by atoms with Gasteiger partial charge in [0.25, 0.3) is 11.4 Å². The number of hydrogen-bond donors (Lipinski definition) is 2. The van der Waals surface area contributed by atoms with Crippen molar-refractivity contribution in [3.05, 3.63) is 0 Å². The normalized spacial score (nSPS) is 5.83. The molecular weight excluding hydrogens is 494 g/mol. The summed E-state index contributed by atoms with van der Waals surface area (Å²) < 4.78 is 22.8. The van der Waals surface area contributed by atoms with Crippen LogP contribution < -0.4 is 0 Å². The zero-order valence-corrected chi connectivity index (χ0v) is 14.9. The zero-order valence-electron chi connectivity index (χ0n) is 3.13. The molecule has 0 aromatic carbocycles. The molecule has 0 aromatic rings. The third-order valence-corrected chi connectivity index (χ3v) is 0. The molecule has 0 unspecified atom stereocenters. The summed E-state index contributed by atoms with van der Waals surface area (Å²) in [6.07, 6.45) is 0. The fourth-order valence-corrected chi connectivity index (χ4v) is 0. The Morgan fingerprint density at radius 2 is 1.17 bits per heavy atom. The molecule has 6 heteroatoms. The summed E-state index contributed by atoms with van der Waals surface area (Å²) in [7, 11) is 0. The molecule has 4 radical (unpaired) electrons. The fourth-order valence-electron chi connectivity index (χ4n) is 0. The van der Waals surface area contributed by atoms with Crippen LogP contribution in [0.4, 0.5) is 0 Å². The van der Waals surface area contributed by atoms with E-state index < -0.39 is 11.4 Å². The Hall–Kier alpha value is 1.91. The summed E-state index contributed by atoms with van der Waals surface area (Å²) in [6, 6.07) is 0. The standard InChI is InChI=1S/H2O3S.2Pb.4H/c1-4(2)3;;;;;;/h(H2,1,2,3);;;;;;. The average Bonchev–Trinajstić information content (AvgIpc) is 0.811. The minimum atomic E-state index is -2.61. The topological polar surface area (TPSA) is 57.5 Å². The van der Waals surface area contributed by atoms with Crippen molar-refractivity contribution < 1.29 is 13.3 Å². The molecule has 2 N–H and O–H groups in total. The molecule has 3 nitrogen and oxygen atoms in total. The van der Waals surface area contributed by atoms with Crippen LogP contribution in [0.15, 0.2) is 0 Å². The summed E-state index contributed by atoms with van der Waals surface area (Å²) in [6.45, 7) is 0. The fraction of sp³-hybridized carbons (Fsp3) is 0. The van der Waals surface area contributed by atoms with E-state index in [4.69, 9.17) is 13.3 Å². The molecule has 0 rings (SSSR count). The molecular formula is H6O3Pb2S. The van der Waals surface area contributed by atoms with Gasteiger partial charge in [0.15, 0.2) is 0 Å². The molecule has 0 aliphatic heterocycles. The molecule has 0 heterocycles. The monoisotopic (exact) mass is 502 g/mol. The van der Waals surface area contributed by atoms with Gasteiger partial charge < -0.3 is 0 Å². The Morgan fingerprint density at radius 3 is 1.17 bits per heavy atom. The molecule has 0 aliphatic rings. The first-order valence-electron chi connectivity index (χ1n) is 0.532. The van der Waals surface area contributed by atoms with Crippen LogP contribution in [0.1, 0.15) is 0 Å². The van der Waals surface area contributed by atoms with Gasteiger partial charge in [-0.25, -0.2) is 0 Å². The van der Waals surface area contributed by atoms with Gasteiger partial charge in [-0.1, -0.05) is 0 Å². The van der Waals surface area contributed by atoms with Crippen LogP contribution >= 0.6 is 0 Å². The molecule has 0 atom stereocenters. The van der Waals surface area contributed by atoms with Gasteiger partial charge >= 0.3 is 54.6 Å². The van der Waals surface area contributed by atoms with E-state index in [1.54, 1.807) is 0 Å². The second kappa shape index (κ2) is 10.0. The Balaban J connectivity index is -0.0000000450. The van der Waals surface area contributed by atoms with E-state index in [2.05, 4.69) is 0 Å². The predicted molar refractivity (Wildman–Crippen MR) is 30.5 cm³/mol. The van der Waals surface area contributed by atoms with E-state index in [1.807, 2.05) is 0 Å². The predicted octanol–water partition coefficient (Wildman–Crippen LogP) is -2.15. The molecule has 0 aliphatic carbocycles. The first-order chi connectivity index (χ1) is 1.73. The molecule has 0 saturated heterocycles. The van der Waals surface area contributed by atoms with Crippen LogP contribution in [0.2, 0.25) is 0 Å². The van der Waals surface area contributed by atoms with E-state index in [0.29, 0.717) is 0 Å². The van der Waals surface area contributed by atoms with E-state index in [-0.39, 0.29) is 54.6 Å². The maximum absolute atomic E-state index is 8.67. The number of hydrogen-bond acceptors (Lipinski definition) is 1. The second-order valence-electron chi connectivity index (χ2n) is 0.231. The van der Waals surface area contributed by atoms with Gasteiger partial charge in [-0.2, -0.15) is 4.21 Å². The van der Waals surface area contributed by atoms with E-state index in [0.717, 1.165) is 0 Å². The van der Waals surface area contributed by atoms with Crippen molar-refractivity contribution in [2.24, 2.45) is 0 Å². The molecule has 6 heavy (non-hydrogen) atoms. The summed E-state index contributed by atoms with van der Waals surface area (Å²) in [5.74, 6) is 0. The average molecular weight is 501 g/mol. The van der Waals surface area contributed by atoms with Gasteiger partial charge in [-0.05, 0) is 0 Å². The first-order valence-corrected chi connectivity index (χ1v) is 1.60. The third kappa shape index (κ3) is 39.0. The van der Waals surface area contributed by atoms with Gasteiger partial charge in [0, 0.05) is 0 Å². The van der Waals surface area contributed by atoms with Crippen molar-refractivity contribution in [1.82, 2.24) is 0 Å². The van der Waals surface area contributed by atoms with Crippen molar-refractivity contribution in [3.8, 4) is 0 Å². The summed E-state index contributed by atoms with van der Waals surface area (Å²) in [4.78, 5) is 0. The van der Waals surface area contributed by atoms with Crippen molar-refractivity contribution in [3.63, 3.8) is 0 Å². The SMILES string of the molecule is O=S(O)O.[PbH2].[PbH2]. The van der Waals surface area contributed by atoms with Crippen molar-refractivity contribution in [1.29, 1.82) is 0 Å². The van der Waals surface area contributed by atoms with E-state index in [9.17, 15) is 0 Å². The molecule has 0 bridgehead atoms. The van der Waals surface area contributed by atoms with Crippen LogP contribution in [0.25, 0.3) is 0 Å². The van der Waals surface area contributed by atoms with Crippen LogP contribution in [0, 0.1) is 0 Å². The molecule has 0 amide bonds. The summed E-state index contributed by atoms with van der Waals surface area (Å²) in [5, 5.41) is 0. The van der Waals surface area contributed by atoms with Gasteiger partial charge in [0.05, 0.1) is 0 Å². The van der Waals surface area contributed by atoms with Crippen molar-refractivity contribution in [2.75, 3.05) is 0 Å². The molecule has 38 valence electrons. The third-order valence-electron chi connectivity index (χ3n) is 0. The molecule has 0 spiro atoms. The van der Waals surface area contributed by atoms with E-state index >= 15 is 0 Å². The van der Waals surface area contributed by atoms with Crippen LogP contribution in [-0.2, 0) is 11.4 Å². The Morgan fingerprint density at radius 1 is 1.17 bits per heavy atom. The Bertz CT molecular complexity index is 31.8. The molecule has 0 aromatic heterocycles. The van der Waals surface area contributed by atoms with Crippen molar-refractivity contribution in [2.45, 2.75) is 0 Å². The van der Waals surface area contributed by atoms with Gasteiger partial charge in [0.2, 0.25) is 0 Å². The second-order valence-corrected chi connectivity index (χ2v) is 0.692. The van der Waals surface area contributed by atoms with Gasteiger partial charge in [-0.3, -0.25) is 9.11 Å². The zero-order chi connectivity index (χ0) is 3.58. The maximum atomic E-state index is 8.67. The quantitative estimate of drug-likeness (QED) is 0.295.